The number of nitrogens with one attached hydrogen (secondary N) is 1. The third-order valence-corrected chi connectivity index (χ3v) is 6.11. The van der Waals surface area contributed by atoms with E-state index in [1.807, 2.05) is 23.7 Å². The maximum absolute atomic E-state index is 4.72. The Bertz CT molecular complexity index is 651. The molecule has 1 aliphatic heterocycles. The molecule has 20 heavy (non-hydrogen) atoms. The Morgan fingerprint density at radius 3 is 3.05 bits per heavy atom. The van der Waals surface area contributed by atoms with Crippen LogP contribution in [0.2, 0.25) is 0 Å². The molecule has 3 nitrogen and oxygen atoms in total. The molecule has 0 amide bonds. The lowest BCUT2D eigenvalue weighted by molar-refractivity contribution is -0.895. The van der Waals surface area contributed by atoms with Gasteiger partial charge in [0.25, 0.3) is 0 Å². The number of aromatic nitrogens is 2. The molecule has 1 unspecified atom stereocenters. The van der Waals surface area contributed by atoms with Gasteiger partial charge in [-0.2, -0.15) is 0 Å². The highest BCUT2D eigenvalue weighted by atomic mass is 32.2. The van der Waals surface area contributed by atoms with Gasteiger partial charge in [-0.3, -0.25) is 0 Å². The van der Waals surface area contributed by atoms with Crippen molar-refractivity contribution in [3.63, 3.8) is 0 Å². The van der Waals surface area contributed by atoms with Crippen molar-refractivity contribution in [2.24, 2.45) is 0 Å². The minimum atomic E-state index is 0.878. The second-order valence-corrected chi connectivity index (χ2v) is 7.80. The van der Waals surface area contributed by atoms with Crippen LogP contribution in [-0.2, 0) is 13.0 Å². The van der Waals surface area contributed by atoms with Gasteiger partial charge < -0.3 is 4.90 Å². The SMILES string of the molecule is C=CCSc1nc(SC)nc2sc3c(c12)CC[NH+](C)C3. The molecule has 0 radical (unpaired) electrons. The minimum Gasteiger partial charge on any atom is -0.333 e. The zero-order chi connectivity index (χ0) is 14.1. The third-order valence-electron chi connectivity index (χ3n) is 3.46. The standard InChI is InChI=1S/C14H17N3S3/c1-4-7-19-12-11-9-5-6-17(2)8-10(9)20-13(11)16-14(15-12)18-3/h4H,1,5-8H2,2-3H3/p+1. The summed E-state index contributed by atoms with van der Waals surface area (Å²) >= 11 is 5.25. The van der Waals surface area contributed by atoms with Crippen LogP contribution in [0.3, 0.4) is 0 Å². The van der Waals surface area contributed by atoms with Gasteiger partial charge in [0.05, 0.1) is 18.5 Å². The number of likely N-dealkylation sites (N-methyl/N-ethyl adjacent to an activating group) is 1. The third kappa shape index (κ3) is 2.62. The fourth-order valence-electron chi connectivity index (χ4n) is 2.49. The molecule has 0 saturated heterocycles. The van der Waals surface area contributed by atoms with Gasteiger partial charge >= 0.3 is 0 Å². The van der Waals surface area contributed by atoms with Crippen molar-refractivity contribution >= 4 is 45.1 Å². The van der Waals surface area contributed by atoms with Gasteiger partial charge in [-0.05, 0) is 11.8 Å². The van der Waals surface area contributed by atoms with Crippen molar-refractivity contribution in [1.82, 2.24) is 9.97 Å². The first-order valence-electron chi connectivity index (χ1n) is 6.64. The Labute approximate surface area is 131 Å². The molecule has 1 N–H and O–H groups in total. The van der Waals surface area contributed by atoms with Gasteiger partial charge in [0.2, 0.25) is 0 Å². The van der Waals surface area contributed by atoms with E-state index in [9.17, 15) is 0 Å². The van der Waals surface area contributed by atoms with E-state index < -0.39 is 0 Å². The molecular formula is C14H18N3S3+. The van der Waals surface area contributed by atoms with Crippen LogP contribution in [0, 0.1) is 0 Å². The van der Waals surface area contributed by atoms with Crippen LogP contribution in [0.1, 0.15) is 10.4 Å². The summed E-state index contributed by atoms with van der Waals surface area (Å²) in [6.45, 7) is 6.14. The first kappa shape index (κ1) is 14.4. The van der Waals surface area contributed by atoms with Crippen LogP contribution in [0.4, 0.5) is 0 Å². The number of nitrogens with zero attached hydrogens (tertiary/aromatic N) is 2. The molecule has 2 aromatic rings. The van der Waals surface area contributed by atoms with Crippen LogP contribution in [0.25, 0.3) is 10.2 Å². The summed E-state index contributed by atoms with van der Waals surface area (Å²) in [4.78, 5) is 13.7. The number of thioether (sulfide) groups is 2. The molecule has 3 heterocycles. The molecule has 3 rings (SSSR count). The number of thiophene rings is 1. The zero-order valence-corrected chi connectivity index (χ0v) is 14.2. The molecule has 0 bridgehead atoms. The summed E-state index contributed by atoms with van der Waals surface area (Å²) in [6, 6.07) is 0. The molecule has 0 spiro atoms. The van der Waals surface area contributed by atoms with Crippen molar-refractivity contribution in [2.75, 3.05) is 25.6 Å². The smallest absolute Gasteiger partial charge is 0.189 e. The molecule has 0 aliphatic carbocycles. The molecule has 6 heteroatoms. The monoisotopic (exact) mass is 324 g/mol. The van der Waals surface area contributed by atoms with E-state index in [1.165, 1.54) is 22.4 Å². The Morgan fingerprint density at radius 2 is 2.30 bits per heavy atom. The zero-order valence-electron chi connectivity index (χ0n) is 11.7. The fourth-order valence-corrected chi connectivity index (χ4v) is 5.16. The minimum absolute atomic E-state index is 0.878. The largest absolute Gasteiger partial charge is 0.333 e. The first-order valence-corrected chi connectivity index (χ1v) is 9.67. The predicted octanol–water partition coefficient (Wildman–Crippen LogP) is 2.26. The molecule has 2 aromatic heterocycles. The van der Waals surface area contributed by atoms with E-state index in [2.05, 4.69) is 13.6 Å². The van der Waals surface area contributed by atoms with Crippen LogP contribution in [-0.4, -0.2) is 35.6 Å². The quantitative estimate of drug-likeness (QED) is 0.404. The van der Waals surface area contributed by atoms with Gasteiger partial charge in [0.15, 0.2) is 5.16 Å². The average Bonchev–Trinajstić information content (AvgIpc) is 2.81. The van der Waals surface area contributed by atoms with E-state index in [0.29, 0.717) is 0 Å². The van der Waals surface area contributed by atoms with Crippen molar-refractivity contribution in [2.45, 2.75) is 23.1 Å². The van der Waals surface area contributed by atoms with Crippen LogP contribution < -0.4 is 4.90 Å². The Hall–Kier alpha value is -0.560. The summed E-state index contributed by atoms with van der Waals surface area (Å²) in [7, 11) is 2.26. The second-order valence-electron chi connectivity index (χ2n) is 4.93. The van der Waals surface area contributed by atoms with Crippen molar-refractivity contribution in [1.29, 1.82) is 0 Å². The molecule has 0 fully saturated rings. The lowest BCUT2D eigenvalue weighted by Gasteiger charge is -2.19. The summed E-state index contributed by atoms with van der Waals surface area (Å²) < 4.78 is 0. The maximum atomic E-state index is 4.72. The number of hydrogen-bond acceptors (Lipinski definition) is 5. The van der Waals surface area contributed by atoms with Crippen LogP contribution in [0.5, 0.6) is 0 Å². The van der Waals surface area contributed by atoms with E-state index >= 15 is 0 Å². The summed E-state index contributed by atoms with van der Waals surface area (Å²) in [6.07, 6.45) is 5.12. The predicted molar refractivity (Wildman–Crippen MR) is 89.3 cm³/mol. The van der Waals surface area contributed by atoms with E-state index in [0.717, 1.165) is 33.7 Å². The molecule has 1 atom stereocenters. The summed E-state index contributed by atoms with van der Waals surface area (Å²) in [5.74, 6) is 0.899. The highest BCUT2D eigenvalue weighted by Crippen LogP contribution is 2.37. The van der Waals surface area contributed by atoms with Gasteiger partial charge in [-0.25, -0.2) is 9.97 Å². The van der Waals surface area contributed by atoms with E-state index in [1.54, 1.807) is 28.4 Å². The van der Waals surface area contributed by atoms with Gasteiger partial charge in [-0.15, -0.1) is 29.7 Å². The van der Waals surface area contributed by atoms with E-state index in [-0.39, 0.29) is 0 Å². The van der Waals surface area contributed by atoms with Gasteiger partial charge in [0, 0.05) is 17.6 Å². The molecule has 106 valence electrons. The fraction of sp³-hybridized carbons (Fsp3) is 0.429. The summed E-state index contributed by atoms with van der Waals surface area (Å²) in [5, 5.41) is 3.32. The lowest BCUT2D eigenvalue weighted by atomic mass is 10.1. The number of hydrogen-bond donors (Lipinski definition) is 1. The molecule has 0 aromatic carbocycles. The number of fused-ring (bicyclic) bond motifs is 3. The maximum Gasteiger partial charge on any atom is 0.189 e. The van der Waals surface area contributed by atoms with Crippen molar-refractivity contribution < 1.29 is 4.90 Å². The molecular weight excluding hydrogens is 306 g/mol. The lowest BCUT2D eigenvalue weighted by Crippen LogP contribution is -3.08. The summed E-state index contributed by atoms with van der Waals surface area (Å²) in [5.41, 5.74) is 1.50. The normalized spacial score (nSPS) is 18.2. The topological polar surface area (TPSA) is 30.2 Å². The molecule has 0 saturated carbocycles. The van der Waals surface area contributed by atoms with E-state index in [4.69, 9.17) is 9.97 Å². The number of quaternary nitrogens is 1. The van der Waals surface area contributed by atoms with Crippen LogP contribution in [0.15, 0.2) is 22.8 Å². The highest BCUT2D eigenvalue weighted by Gasteiger charge is 2.24. The molecule has 1 aliphatic rings. The van der Waals surface area contributed by atoms with Crippen LogP contribution >= 0.6 is 34.9 Å². The Morgan fingerprint density at radius 1 is 1.45 bits per heavy atom. The van der Waals surface area contributed by atoms with Gasteiger partial charge in [-0.1, -0.05) is 17.8 Å². The second kappa shape index (κ2) is 6.05. The van der Waals surface area contributed by atoms with Gasteiger partial charge in [0.1, 0.15) is 16.4 Å². The Balaban J connectivity index is 2.16. The highest BCUT2D eigenvalue weighted by molar-refractivity contribution is 7.99. The van der Waals surface area contributed by atoms with Crippen molar-refractivity contribution in [3.05, 3.63) is 23.1 Å². The average molecular weight is 325 g/mol. The number of rotatable bonds is 4. The van der Waals surface area contributed by atoms with Crippen molar-refractivity contribution in [3.8, 4) is 0 Å². The first-order chi connectivity index (χ1) is 9.72. The Kier molecular flexibility index (Phi) is 4.35.